The van der Waals surface area contributed by atoms with Gasteiger partial charge in [-0.2, -0.15) is 0 Å². The molecular formula is C26H20O6. The van der Waals surface area contributed by atoms with Gasteiger partial charge < -0.3 is 19.3 Å². The second-order valence-corrected chi connectivity index (χ2v) is 6.89. The van der Waals surface area contributed by atoms with Gasteiger partial charge in [-0.05, 0) is 73.0 Å². The second kappa shape index (κ2) is 9.22. The molecule has 0 saturated heterocycles. The smallest absolute Gasteiger partial charge is 0.343 e. The number of phenolic OH excluding ortho intramolecular Hbond substituents is 1. The van der Waals surface area contributed by atoms with Crippen molar-refractivity contribution in [3.63, 3.8) is 0 Å². The minimum Gasteiger partial charge on any atom is -0.508 e. The molecule has 0 heterocycles. The lowest BCUT2D eigenvalue weighted by Gasteiger charge is -2.12. The lowest BCUT2D eigenvalue weighted by molar-refractivity contribution is 0.0735. The maximum Gasteiger partial charge on any atom is 0.343 e. The lowest BCUT2D eigenvalue weighted by Crippen LogP contribution is -2.11. The highest BCUT2D eigenvalue weighted by Crippen LogP contribution is 2.35. The maximum atomic E-state index is 12.7. The Labute approximate surface area is 184 Å². The Balaban J connectivity index is 1.63. The Morgan fingerprint density at radius 1 is 0.719 bits per heavy atom. The monoisotopic (exact) mass is 428 g/mol. The molecule has 0 amide bonds. The van der Waals surface area contributed by atoms with Crippen LogP contribution in [0.5, 0.6) is 23.0 Å². The van der Waals surface area contributed by atoms with Crippen molar-refractivity contribution in [3.8, 4) is 23.0 Å². The summed E-state index contributed by atoms with van der Waals surface area (Å²) in [6.07, 6.45) is 0. The van der Waals surface area contributed by atoms with Crippen molar-refractivity contribution in [1.82, 2.24) is 0 Å². The maximum absolute atomic E-state index is 12.7. The number of hydrogen-bond acceptors (Lipinski definition) is 6. The first kappa shape index (κ1) is 20.9. The van der Waals surface area contributed by atoms with E-state index in [4.69, 9.17) is 14.2 Å². The van der Waals surface area contributed by atoms with Gasteiger partial charge in [0.25, 0.3) is 0 Å². The summed E-state index contributed by atoms with van der Waals surface area (Å²) in [4.78, 5) is 25.3. The number of carbonyl (C=O) groups excluding carboxylic acids is 2. The van der Waals surface area contributed by atoms with Crippen LogP contribution in [-0.4, -0.2) is 23.7 Å². The third kappa shape index (κ3) is 4.54. The van der Waals surface area contributed by atoms with Gasteiger partial charge >= 0.3 is 11.9 Å². The van der Waals surface area contributed by atoms with Crippen LogP contribution in [0, 0.1) is 0 Å². The van der Waals surface area contributed by atoms with E-state index in [-0.39, 0.29) is 22.8 Å². The van der Waals surface area contributed by atoms with Crippen LogP contribution in [0.15, 0.2) is 84.9 Å². The zero-order chi connectivity index (χ0) is 22.5. The number of aromatic hydroxyl groups is 1. The fourth-order valence-electron chi connectivity index (χ4n) is 3.21. The summed E-state index contributed by atoms with van der Waals surface area (Å²) in [7, 11) is 0. The number of phenols is 1. The molecule has 6 nitrogen and oxygen atoms in total. The molecule has 32 heavy (non-hydrogen) atoms. The van der Waals surface area contributed by atoms with Gasteiger partial charge in [-0.3, -0.25) is 0 Å². The van der Waals surface area contributed by atoms with Crippen LogP contribution < -0.4 is 14.2 Å². The average molecular weight is 428 g/mol. The van der Waals surface area contributed by atoms with Crippen molar-refractivity contribution in [2.45, 2.75) is 6.92 Å². The predicted octanol–water partition coefficient (Wildman–Crippen LogP) is 5.38. The van der Waals surface area contributed by atoms with E-state index in [1.807, 2.05) is 19.1 Å². The molecule has 0 spiro atoms. The quantitative estimate of drug-likeness (QED) is 0.328. The van der Waals surface area contributed by atoms with E-state index in [0.717, 1.165) is 5.39 Å². The Hall–Kier alpha value is -4.32. The lowest BCUT2D eigenvalue weighted by atomic mass is 10.1. The molecule has 1 N–H and O–H groups in total. The van der Waals surface area contributed by atoms with Crippen molar-refractivity contribution in [2.75, 3.05) is 6.61 Å². The molecular weight excluding hydrogens is 408 g/mol. The van der Waals surface area contributed by atoms with Crippen LogP contribution >= 0.6 is 0 Å². The van der Waals surface area contributed by atoms with E-state index in [1.165, 1.54) is 24.3 Å². The summed E-state index contributed by atoms with van der Waals surface area (Å²) in [5, 5.41) is 10.7. The van der Waals surface area contributed by atoms with E-state index < -0.39 is 11.9 Å². The van der Waals surface area contributed by atoms with Gasteiger partial charge in [0.05, 0.1) is 23.1 Å². The van der Waals surface area contributed by atoms with E-state index >= 15 is 0 Å². The van der Waals surface area contributed by atoms with Gasteiger partial charge in [0.2, 0.25) is 0 Å². The first-order chi connectivity index (χ1) is 15.5. The molecule has 4 aromatic carbocycles. The fraction of sp³-hybridized carbons (Fsp3) is 0.0769. The SMILES string of the molecule is CCOc1ccc(C(=O)Oc2cccc3cccc(OC(=O)c4ccc(O)cc4)c23)cc1. The first-order valence-electron chi connectivity index (χ1n) is 10.0. The second-order valence-electron chi connectivity index (χ2n) is 6.89. The van der Waals surface area contributed by atoms with Crippen molar-refractivity contribution in [2.24, 2.45) is 0 Å². The molecule has 0 radical (unpaired) electrons. The Morgan fingerprint density at radius 2 is 1.22 bits per heavy atom. The number of carbonyl (C=O) groups is 2. The number of benzene rings is 4. The van der Waals surface area contributed by atoms with Crippen molar-refractivity contribution >= 4 is 22.7 Å². The molecule has 4 rings (SSSR count). The van der Waals surface area contributed by atoms with E-state index in [9.17, 15) is 14.7 Å². The van der Waals surface area contributed by atoms with Crippen LogP contribution in [0.2, 0.25) is 0 Å². The highest BCUT2D eigenvalue weighted by Gasteiger charge is 2.17. The molecule has 0 atom stereocenters. The van der Waals surface area contributed by atoms with Crippen LogP contribution in [0.3, 0.4) is 0 Å². The Morgan fingerprint density at radius 3 is 1.72 bits per heavy atom. The largest absolute Gasteiger partial charge is 0.508 e. The number of rotatable bonds is 6. The van der Waals surface area contributed by atoms with Crippen LogP contribution in [0.1, 0.15) is 27.6 Å². The van der Waals surface area contributed by atoms with Crippen molar-refractivity contribution < 1.29 is 28.9 Å². The zero-order valence-corrected chi connectivity index (χ0v) is 17.3. The Bertz CT molecular complexity index is 1250. The molecule has 0 saturated carbocycles. The minimum atomic E-state index is -0.592. The number of ether oxygens (including phenoxy) is 3. The molecule has 6 heteroatoms. The van der Waals surface area contributed by atoms with Crippen LogP contribution in [-0.2, 0) is 0 Å². The van der Waals surface area contributed by atoms with Gasteiger partial charge in [0.1, 0.15) is 23.0 Å². The third-order valence-electron chi connectivity index (χ3n) is 4.74. The van der Waals surface area contributed by atoms with Crippen molar-refractivity contribution in [1.29, 1.82) is 0 Å². The molecule has 0 aliphatic rings. The summed E-state index contributed by atoms with van der Waals surface area (Å²) >= 11 is 0. The van der Waals surface area contributed by atoms with Gasteiger partial charge in [0, 0.05) is 0 Å². The molecule has 0 unspecified atom stereocenters. The average Bonchev–Trinajstić information content (AvgIpc) is 2.80. The van der Waals surface area contributed by atoms with E-state index in [0.29, 0.717) is 23.3 Å². The summed E-state index contributed by atoms with van der Waals surface area (Å²) in [5.41, 5.74) is 0.646. The third-order valence-corrected chi connectivity index (χ3v) is 4.74. The van der Waals surface area contributed by atoms with Gasteiger partial charge in [-0.1, -0.05) is 24.3 Å². The fourth-order valence-corrected chi connectivity index (χ4v) is 3.21. The van der Waals surface area contributed by atoms with Gasteiger partial charge in [0.15, 0.2) is 0 Å². The Kier molecular flexibility index (Phi) is 6.03. The molecule has 0 fully saturated rings. The number of fused-ring (bicyclic) bond motifs is 1. The molecule has 4 aromatic rings. The summed E-state index contributed by atoms with van der Waals surface area (Å²) in [6, 6.07) is 22.9. The predicted molar refractivity (Wildman–Crippen MR) is 120 cm³/mol. The molecule has 0 aromatic heterocycles. The molecule has 160 valence electrons. The van der Waals surface area contributed by atoms with E-state index in [1.54, 1.807) is 48.5 Å². The summed E-state index contributed by atoms with van der Waals surface area (Å²) in [5.74, 6) is 0.115. The van der Waals surface area contributed by atoms with Gasteiger partial charge in [-0.15, -0.1) is 0 Å². The molecule has 0 aliphatic carbocycles. The molecule has 0 aliphatic heterocycles. The number of hydrogen-bond donors (Lipinski definition) is 1. The van der Waals surface area contributed by atoms with Crippen LogP contribution in [0.25, 0.3) is 10.8 Å². The highest BCUT2D eigenvalue weighted by molar-refractivity contribution is 6.00. The van der Waals surface area contributed by atoms with Gasteiger partial charge in [-0.25, -0.2) is 9.59 Å². The van der Waals surface area contributed by atoms with Crippen LogP contribution in [0.4, 0.5) is 0 Å². The summed E-state index contributed by atoms with van der Waals surface area (Å²) < 4.78 is 16.6. The highest BCUT2D eigenvalue weighted by atomic mass is 16.5. The topological polar surface area (TPSA) is 82.1 Å². The normalized spacial score (nSPS) is 10.5. The minimum absolute atomic E-state index is 0.0511. The number of esters is 2. The zero-order valence-electron chi connectivity index (χ0n) is 17.3. The van der Waals surface area contributed by atoms with Crippen molar-refractivity contribution in [3.05, 3.63) is 96.1 Å². The summed E-state index contributed by atoms with van der Waals surface area (Å²) in [6.45, 7) is 2.42. The first-order valence-corrected chi connectivity index (χ1v) is 10.0. The standard InChI is InChI=1S/C26H20O6/c1-2-30-21-15-11-19(12-16-21)26(29)32-23-8-4-6-17-5-3-7-22(24(17)23)31-25(28)18-9-13-20(27)14-10-18/h3-16,27H,2H2,1H3. The molecule has 0 bridgehead atoms. The van der Waals surface area contributed by atoms with E-state index in [2.05, 4.69) is 0 Å².